The molecule has 0 radical (unpaired) electrons. The molecule has 18 heavy (non-hydrogen) atoms. The monoisotopic (exact) mass is 248 g/mol. The van der Waals surface area contributed by atoms with Gasteiger partial charge in [-0.3, -0.25) is 0 Å². The Kier molecular flexibility index (Phi) is 4.48. The quantitative estimate of drug-likeness (QED) is 0.607. The lowest BCUT2D eigenvalue weighted by Crippen LogP contribution is -2.42. The molecule has 1 aromatic heterocycles. The molecule has 1 rings (SSSR count). The van der Waals surface area contributed by atoms with Crippen LogP contribution in [0.15, 0.2) is 31.0 Å². The number of esters is 1. The summed E-state index contributed by atoms with van der Waals surface area (Å²) in [5.41, 5.74) is 0.399. The molecule has 0 spiro atoms. The molecule has 0 saturated heterocycles. The zero-order chi connectivity index (χ0) is 13.8. The Morgan fingerprint density at radius 2 is 2.22 bits per heavy atom. The van der Waals surface area contributed by atoms with Gasteiger partial charge in [-0.15, -0.1) is 6.58 Å². The number of rotatable bonds is 4. The maximum Gasteiger partial charge on any atom is 0.338 e. The van der Waals surface area contributed by atoms with Gasteiger partial charge in [-0.05, 0) is 32.9 Å². The van der Waals surface area contributed by atoms with E-state index in [-0.39, 0.29) is 11.5 Å². The number of methoxy groups -OCH3 is 1. The number of pyridine rings is 1. The van der Waals surface area contributed by atoms with Crippen LogP contribution in [-0.2, 0) is 4.74 Å². The number of hydrogen-bond donors (Lipinski definition) is 0. The van der Waals surface area contributed by atoms with Crippen LogP contribution >= 0.6 is 0 Å². The van der Waals surface area contributed by atoms with Gasteiger partial charge in [0.05, 0.1) is 12.7 Å². The van der Waals surface area contributed by atoms with Gasteiger partial charge >= 0.3 is 5.97 Å². The van der Waals surface area contributed by atoms with Crippen LogP contribution < -0.4 is 4.90 Å². The molecule has 0 aromatic carbocycles. The second-order valence-corrected chi connectivity index (χ2v) is 4.96. The molecular weight excluding hydrogens is 228 g/mol. The van der Waals surface area contributed by atoms with Gasteiger partial charge < -0.3 is 9.64 Å². The number of carbonyl (C=O) groups is 1. The number of ether oxygens (including phenoxy) is 1. The molecule has 0 amide bonds. The third-order valence-electron chi connectivity index (χ3n) is 2.56. The lowest BCUT2D eigenvalue weighted by atomic mass is 10.1. The molecule has 0 unspecified atom stereocenters. The normalized spacial score (nSPS) is 10.9. The van der Waals surface area contributed by atoms with Crippen molar-refractivity contribution in [3.63, 3.8) is 0 Å². The average molecular weight is 248 g/mol. The predicted molar refractivity (Wildman–Crippen MR) is 72.9 cm³/mol. The minimum Gasteiger partial charge on any atom is -0.465 e. The Bertz CT molecular complexity index is 436. The van der Waals surface area contributed by atoms with Crippen LogP contribution in [0.1, 0.15) is 31.1 Å². The Morgan fingerprint density at radius 1 is 1.56 bits per heavy atom. The van der Waals surface area contributed by atoms with Crippen molar-refractivity contribution in [3.05, 3.63) is 36.5 Å². The van der Waals surface area contributed by atoms with Gasteiger partial charge in [0.15, 0.2) is 0 Å². The van der Waals surface area contributed by atoms with Gasteiger partial charge in [-0.1, -0.05) is 6.08 Å². The number of hydrogen-bond acceptors (Lipinski definition) is 4. The lowest BCUT2D eigenvalue weighted by molar-refractivity contribution is 0.0600. The highest BCUT2D eigenvalue weighted by atomic mass is 16.5. The molecule has 1 heterocycles. The molecular formula is C14H20N2O2. The fourth-order valence-electron chi connectivity index (χ4n) is 1.65. The maximum atomic E-state index is 11.5. The van der Waals surface area contributed by atoms with Gasteiger partial charge in [-0.2, -0.15) is 0 Å². The van der Waals surface area contributed by atoms with E-state index in [1.165, 1.54) is 7.11 Å². The molecule has 0 saturated carbocycles. The third kappa shape index (κ3) is 3.32. The summed E-state index contributed by atoms with van der Waals surface area (Å²) in [5, 5.41) is 0. The van der Waals surface area contributed by atoms with Crippen molar-refractivity contribution in [1.82, 2.24) is 4.98 Å². The van der Waals surface area contributed by atoms with Crippen molar-refractivity contribution in [3.8, 4) is 0 Å². The Labute approximate surface area is 108 Å². The second-order valence-electron chi connectivity index (χ2n) is 4.96. The van der Waals surface area contributed by atoms with Crippen molar-refractivity contribution in [2.75, 3.05) is 18.6 Å². The standard InChI is InChI=1S/C14H20N2O2/c1-6-9-16(14(2,3)4)12-10-11(7-8-15-12)13(17)18-5/h6-8,10H,1,9H2,2-5H3. The van der Waals surface area contributed by atoms with E-state index in [1.54, 1.807) is 18.3 Å². The molecule has 0 N–H and O–H groups in total. The number of nitrogens with zero attached hydrogens (tertiary/aromatic N) is 2. The second kappa shape index (κ2) is 5.67. The van der Waals surface area contributed by atoms with Gasteiger partial charge in [0.2, 0.25) is 0 Å². The van der Waals surface area contributed by atoms with Gasteiger partial charge in [0.25, 0.3) is 0 Å². The van der Waals surface area contributed by atoms with E-state index in [1.807, 2.05) is 6.08 Å². The van der Waals surface area contributed by atoms with Crippen LogP contribution in [0, 0.1) is 0 Å². The molecule has 4 nitrogen and oxygen atoms in total. The van der Waals surface area contributed by atoms with Crippen molar-refractivity contribution < 1.29 is 9.53 Å². The van der Waals surface area contributed by atoms with Crippen LogP contribution in [0.25, 0.3) is 0 Å². The van der Waals surface area contributed by atoms with E-state index in [2.05, 4.69) is 37.2 Å². The summed E-state index contributed by atoms with van der Waals surface area (Å²) >= 11 is 0. The zero-order valence-corrected chi connectivity index (χ0v) is 11.4. The summed E-state index contributed by atoms with van der Waals surface area (Å²) in [4.78, 5) is 17.9. The summed E-state index contributed by atoms with van der Waals surface area (Å²) in [6, 6.07) is 3.38. The van der Waals surface area contributed by atoms with Crippen LogP contribution in [0.4, 0.5) is 5.82 Å². The number of anilines is 1. The van der Waals surface area contributed by atoms with E-state index in [9.17, 15) is 4.79 Å². The fourth-order valence-corrected chi connectivity index (χ4v) is 1.65. The summed E-state index contributed by atoms with van der Waals surface area (Å²) < 4.78 is 4.71. The van der Waals surface area contributed by atoms with E-state index >= 15 is 0 Å². The first-order valence-corrected chi connectivity index (χ1v) is 5.83. The van der Waals surface area contributed by atoms with Gasteiger partial charge in [0, 0.05) is 18.3 Å². The van der Waals surface area contributed by atoms with E-state index in [0.29, 0.717) is 12.1 Å². The molecule has 0 fully saturated rings. The van der Waals surface area contributed by atoms with Crippen LogP contribution in [-0.4, -0.2) is 30.1 Å². The first kappa shape index (κ1) is 14.2. The highest BCUT2D eigenvalue weighted by molar-refractivity contribution is 5.90. The molecule has 0 aliphatic heterocycles. The minimum absolute atomic E-state index is 0.101. The molecule has 0 atom stereocenters. The Balaban J connectivity index is 3.13. The molecule has 0 bridgehead atoms. The molecule has 0 aliphatic carbocycles. The highest BCUT2D eigenvalue weighted by Crippen LogP contribution is 2.22. The number of aromatic nitrogens is 1. The highest BCUT2D eigenvalue weighted by Gasteiger charge is 2.22. The SMILES string of the molecule is C=CCN(c1cc(C(=O)OC)ccn1)C(C)(C)C. The predicted octanol–water partition coefficient (Wildman–Crippen LogP) is 2.66. The van der Waals surface area contributed by atoms with Crippen LogP contribution in [0.5, 0.6) is 0 Å². The van der Waals surface area contributed by atoms with Crippen LogP contribution in [0.2, 0.25) is 0 Å². The molecule has 1 aromatic rings. The topological polar surface area (TPSA) is 42.4 Å². The smallest absolute Gasteiger partial charge is 0.338 e. The Morgan fingerprint density at radius 3 is 2.72 bits per heavy atom. The minimum atomic E-state index is -0.355. The molecule has 98 valence electrons. The summed E-state index contributed by atoms with van der Waals surface area (Å²) in [6.07, 6.45) is 3.43. The van der Waals surface area contributed by atoms with Gasteiger partial charge in [0.1, 0.15) is 5.82 Å². The van der Waals surface area contributed by atoms with E-state index < -0.39 is 0 Å². The summed E-state index contributed by atoms with van der Waals surface area (Å²) in [5.74, 6) is 0.386. The van der Waals surface area contributed by atoms with Crippen molar-refractivity contribution in [2.45, 2.75) is 26.3 Å². The molecule has 0 aliphatic rings. The number of carbonyl (C=O) groups excluding carboxylic acids is 1. The first-order chi connectivity index (χ1) is 8.40. The van der Waals surface area contributed by atoms with Crippen molar-refractivity contribution in [2.24, 2.45) is 0 Å². The summed E-state index contributed by atoms with van der Waals surface area (Å²) in [6.45, 7) is 10.7. The van der Waals surface area contributed by atoms with Gasteiger partial charge in [-0.25, -0.2) is 9.78 Å². The van der Waals surface area contributed by atoms with Crippen LogP contribution in [0.3, 0.4) is 0 Å². The summed E-state index contributed by atoms with van der Waals surface area (Å²) in [7, 11) is 1.37. The van der Waals surface area contributed by atoms with E-state index in [0.717, 1.165) is 5.82 Å². The molecule has 4 heteroatoms. The van der Waals surface area contributed by atoms with Crippen molar-refractivity contribution >= 4 is 11.8 Å². The average Bonchev–Trinajstić information content (AvgIpc) is 2.33. The third-order valence-corrected chi connectivity index (χ3v) is 2.56. The zero-order valence-electron chi connectivity index (χ0n) is 11.4. The Hall–Kier alpha value is -1.84. The lowest BCUT2D eigenvalue weighted by Gasteiger charge is -2.36. The van der Waals surface area contributed by atoms with E-state index in [4.69, 9.17) is 4.74 Å². The maximum absolute atomic E-state index is 11.5. The van der Waals surface area contributed by atoms with Crippen molar-refractivity contribution in [1.29, 1.82) is 0 Å². The first-order valence-electron chi connectivity index (χ1n) is 5.83. The largest absolute Gasteiger partial charge is 0.465 e. The fraction of sp³-hybridized carbons (Fsp3) is 0.429.